The summed E-state index contributed by atoms with van der Waals surface area (Å²) in [6, 6.07) is 10.1. The first-order chi connectivity index (χ1) is 12.0. The molecule has 2 aliphatic heterocycles. The van der Waals surface area contributed by atoms with Gasteiger partial charge in [-0.1, -0.05) is 30.3 Å². The van der Waals surface area contributed by atoms with Crippen molar-refractivity contribution in [3.63, 3.8) is 0 Å². The Morgan fingerprint density at radius 3 is 2.40 bits per heavy atom. The molecule has 1 unspecified atom stereocenters. The molecule has 1 aromatic rings. The van der Waals surface area contributed by atoms with Gasteiger partial charge < -0.3 is 9.47 Å². The van der Waals surface area contributed by atoms with Gasteiger partial charge in [-0.05, 0) is 31.2 Å². The van der Waals surface area contributed by atoms with E-state index in [1.807, 2.05) is 18.2 Å². The van der Waals surface area contributed by atoms with Crippen molar-refractivity contribution in [2.45, 2.75) is 37.3 Å². The van der Waals surface area contributed by atoms with Gasteiger partial charge in [-0.15, -0.1) is 0 Å². The molecule has 2 saturated heterocycles. The third-order valence-electron chi connectivity index (χ3n) is 5.53. The standard InChI is InChI=1S/C18H28N2O4S/c1-23-15-17-9-6-12-20(17)25(21,22)19-13-10-18(24-2,11-14-19)16-7-4-3-5-8-16/h3-5,7-8,17H,6,9-15H2,1-2H3. The maximum absolute atomic E-state index is 13.1. The van der Waals surface area contributed by atoms with Crippen LogP contribution < -0.4 is 0 Å². The smallest absolute Gasteiger partial charge is 0.282 e. The highest BCUT2D eigenvalue weighted by Gasteiger charge is 2.43. The first-order valence-corrected chi connectivity index (χ1v) is 10.3. The Hall–Kier alpha value is -0.990. The van der Waals surface area contributed by atoms with Gasteiger partial charge in [0.1, 0.15) is 0 Å². The van der Waals surface area contributed by atoms with Crippen molar-refractivity contribution < 1.29 is 17.9 Å². The predicted octanol–water partition coefficient (Wildman–Crippen LogP) is 1.98. The van der Waals surface area contributed by atoms with E-state index < -0.39 is 15.8 Å². The van der Waals surface area contributed by atoms with Crippen molar-refractivity contribution in [3.8, 4) is 0 Å². The molecule has 1 atom stereocenters. The minimum absolute atomic E-state index is 0.0433. The van der Waals surface area contributed by atoms with Crippen molar-refractivity contribution in [2.24, 2.45) is 0 Å². The highest BCUT2D eigenvalue weighted by Crippen LogP contribution is 2.37. The van der Waals surface area contributed by atoms with Crippen LogP contribution >= 0.6 is 0 Å². The third-order valence-corrected chi connectivity index (χ3v) is 7.62. The van der Waals surface area contributed by atoms with Gasteiger partial charge >= 0.3 is 0 Å². The van der Waals surface area contributed by atoms with Gasteiger partial charge in [0.05, 0.1) is 12.2 Å². The van der Waals surface area contributed by atoms with E-state index in [0.717, 1.165) is 18.4 Å². The Bertz CT molecular complexity index is 657. The van der Waals surface area contributed by atoms with Crippen molar-refractivity contribution in [1.29, 1.82) is 0 Å². The average molecular weight is 368 g/mol. The number of hydrogen-bond donors (Lipinski definition) is 0. The summed E-state index contributed by atoms with van der Waals surface area (Å²) in [6.07, 6.45) is 3.09. The van der Waals surface area contributed by atoms with E-state index in [1.54, 1.807) is 22.8 Å². The number of rotatable bonds is 6. The molecule has 2 heterocycles. The van der Waals surface area contributed by atoms with Crippen LogP contribution in [0.3, 0.4) is 0 Å². The molecule has 0 radical (unpaired) electrons. The molecule has 7 heteroatoms. The Balaban J connectivity index is 1.73. The predicted molar refractivity (Wildman–Crippen MR) is 96.5 cm³/mol. The van der Waals surface area contributed by atoms with E-state index in [0.29, 0.717) is 39.1 Å². The average Bonchev–Trinajstić information content (AvgIpc) is 3.12. The molecule has 2 aliphatic rings. The number of hydrogen-bond acceptors (Lipinski definition) is 4. The van der Waals surface area contributed by atoms with Crippen LogP contribution in [-0.4, -0.2) is 63.5 Å². The summed E-state index contributed by atoms with van der Waals surface area (Å²) in [5.41, 5.74) is 0.720. The van der Waals surface area contributed by atoms with Crippen LogP contribution in [0, 0.1) is 0 Å². The zero-order valence-corrected chi connectivity index (χ0v) is 15.9. The molecule has 3 rings (SSSR count). The summed E-state index contributed by atoms with van der Waals surface area (Å²) in [7, 11) is -0.106. The first-order valence-electron chi connectivity index (χ1n) is 8.90. The third kappa shape index (κ3) is 3.61. The van der Waals surface area contributed by atoms with Crippen molar-refractivity contribution in [1.82, 2.24) is 8.61 Å². The largest absolute Gasteiger partial charge is 0.383 e. The van der Waals surface area contributed by atoms with Gasteiger partial charge in [-0.3, -0.25) is 0 Å². The van der Waals surface area contributed by atoms with Crippen LogP contribution in [0.15, 0.2) is 30.3 Å². The van der Waals surface area contributed by atoms with Crippen LogP contribution in [0.1, 0.15) is 31.2 Å². The van der Waals surface area contributed by atoms with E-state index in [1.165, 1.54) is 0 Å². The summed E-state index contributed by atoms with van der Waals surface area (Å²) in [5.74, 6) is 0. The second-order valence-corrected chi connectivity index (χ2v) is 8.71. The fraction of sp³-hybridized carbons (Fsp3) is 0.667. The lowest BCUT2D eigenvalue weighted by Gasteiger charge is -2.42. The van der Waals surface area contributed by atoms with Crippen molar-refractivity contribution in [2.75, 3.05) is 40.5 Å². The Kier molecular flexibility index (Phi) is 5.80. The van der Waals surface area contributed by atoms with E-state index in [9.17, 15) is 8.42 Å². The monoisotopic (exact) mass is 368 g/mol. The Labute approximate surface area is 150 Å². The minimum Gasteiger partial charge on any atom is -0.383 e. The normalized spacial score (nSPS) is 25.3. The van der Waals surface area contributed by atoms with E-state index in [4.69, 9.17) is 9.47 Å². The van der Waals surface area contributed by atoms with E-state index >= 15 is 0 Å². The molecule has 25 heavy (non-hydrogen) atoms. The molecule has 0 amide bonds. The molecule has 0 aliphatic carbocycles. The van der Waals surface area contributed by atoms with E-state index in [2.05, 4.69) is 12.1 Å². The zero-order valence-electron chi connectivity index (χ0n) is 15.1. The van der Waals surface area contributed by atoms with Crippen molar-refractivity contribution in [3.05, 3.63) is 35.9 Å². The molecule has 0 bridgehead atoms. The minimum atomic E-state index is -3.44. The van der Waals surface area contributed by atoms with Crippen LogP contribution in [0.25, 0.3) is 0 Å². The maximum Gasteiger partial charge on any atom is 0.282 e. The Morgan fingerprint density at radius 2 is 1.80 bits per heavy atom. The van der Waals surface area contributed by atoms with Gasteiger partial charge in [0, 0.05) is 39.9 Å². The summed E-state index contributed by atoms with van der Waals surface area (Å²) >= 11 is 0. The van der Waals surface area contributed by atoms with Gasteiger partial charge in [0.15, 0.2) is 0 Å². The SMILES string of the molecule is COCC1CCCN1S(=O)(=O)N1CCC(OC)(c2ccccc2)CC1. The maximum atomic E-state index is 13.1. The second-order valence-electron chi connectivity index (χ2n) is 6.83. The number of benzene rings is 1. The molecule has 2 fully saturated rings. The molecular formula is C18H28N2O4S. The zero-order chi connectivity index (χ0) is 17.9. The molecule has 140 valence electrons. The van der Waals surface area contributed by atoms with Gasteiger partial charge in [-0.25, -0.2) is 0 Å². The van der Waals surface area contributed by atoms with Crippen LogP contribution in [0.5, 0.6) is 0 Å². The molecule has 1 aromatic carbocycles. The number of piperidine rings is 1. The topological polar surface area (TPSA) is 59.1 Å². The summed E-state index contributed by atoms with van der Waals surface area (Å²) in [5, 5.41) is 0. The molecule has 0 aromatic heterocycles. The quantitative estimate of drug-likeness (QED) is 0.770. The lowest BCUT2D eigenvalue weighted by Crippen LogP contribution is -2.52. The lowest BCUT2D eigenvalue weighted by molar-refractivity contribution is -0.0514. The molecule has 6 nitrogen and oxygen atoms in total. The summed E-state index contributed by atoms with van der Waals surface area (Å²) in [4.78, 5) is 0. The number of nitrogens with zero attached hydrogens (tertiary/aromatic N) is 2. The highest BCUT2D eigenvalue weighted by molar-refractivity contribution is 7.86. The Morgan fingerprint density at radius 1 is 1.12 bits per heavy atom. The molecule has 0 spiro atoms. The second kappa shape index (κ2) is 7.72. The van der Waals surface area contributed by atoms with Gasteiger partial charge in [0.25, 0.3) is 10.2 Å². The molecule has 0 saturated carbocycles. The fourth-order valence-corrected chi connectivity index (χ4v) is 5.89. The van der Waals surface area contributed by atoms with Crippen LogP contribution in [-0.2, 0) is 25.3 Å². The number of ether oxygens (including phenoxy) is 2. The van der Waals surface area contributed by atoms with Gasteiger partial charge in [0.2, 0.25) is 0 Å². The lowest BCUT2D eigenvalue weighted by atomic mass is 9.85. The fourth-order valence-electron chi connectivity index (χ4n) is 4.05. The van der Waals surface area contributed by atoms with Crippen LogP contribution in [0.2, 0.25) is 0 Å². The molecule has 0 N–H and O–H groups in total. The van der Waals surface area contributed by atoms with Gasteiger partial charge in [-0.2, -0.15) is 17.0 Å². The van der Waals surface area contributed by atoms with Crippen LogP contribution in [0.4, 0.5) is 0 Å². The first kappa shape index (κ1) is 18.8. The number of methoxy groups -OCH3 is 2. The summed E-state index contributed by atoms with van der Waals surface area (Å²) < 4.78 is 40.4. The van der Waals surface area contributed by atoms with E-state index in [-0.39, 0.29) is 6.04 Å². The molecular weight excluding hydrogens is 340 g/mol. The highest BCUT2D eigenvalue weighted by atomic mass is 32.2. The summed E-state index contributed by atoms with van der Waals surface area (Å²) in [6.45, 7) is 1.99. The van der Waals surface area contributed by atoms with Crippen molar-refractivity contribution >= 4 is 10.2 Å².